The number of nitrogens with zero attached hydrogens (tertiary/aromatic N) is 1. The topological polar surface area (TPSA) is 105 Å². The molecule has 0 N–H and O–H groups in total. The monoisotopic (exact) mass is 553 g/mol. The molecule has 0 aliphatic heterocycles. The van der Waals surface area contributed by atoms with Crippen LogP contribution in [0.15, 0.2) is 71.6 Å². The lowest BCUT2D eigenvalue weighted by Gasteiger charge is -2.18. The second kappa shape index (κ2) is 13.4. The molecular weight excluding hydrogens is 518 g/mol. The minimum atomic E-state index is -4.24. The maximum atomic E-state index is 13.2. The molecule has 0 heterocycles. The van der Waals surface area contributed by atoms with E-state index in [4.69, 9.17) is 13.7 Å². The van der Waals surface area contributed by atoms with Crippen molar-refractivity contribution in [1.29, 1.82) is 0 Å². The van der Waals surface area contributed by atoms with Gasteiger partial charge in [-0.05, 0) is 37.1 Å². The number of fused-ring (bicyclic) bond motifs is 2. The third-order valence-corrected chi connectivity index (χ3v) is 7.49. The van der Waals surface area contributed by atoms with Crippen LogP contribution < -0.4 is 9.47 Å². The summed E-state index contributed by atoms with van der Waals surface area (Å²) in [4.78, 5) is 10.7. The standard InChI is InChI=1S/C29H31NO7S.CH4/c1-3-5-17-35-28-23-12-8-9-13-24(23)29(36-18-6-4-2)26-19-22(15-16-25(26)28)38(33,34)37-20-21-11-7-10-14-27(21)30(31)32;/h7-16,19H,3-6,17-18,20H2,1-2H3;1H4. The smallest absolute Gasteiger partial charge is 0.297 e. The van der Waals surface area contributed by atoms with E-state index < -0.39 is 21.6 Å². The summed E-state index contributed by atoms with van der Waals surface area (Å²) in [5.74, 6) is 1.26. The summed E-state index contributed by atoms with van der Waals surface area (Å²) in [7, 11) is -4.24. The van der Waals surface area contributed by atoms with Crippen LogP contribution in [0.3, 0.4) is 0 Å². The average Bonchev–Trinajstić information content (AvgIpc) is 2.93. The quantitative estimate of drug-likeness (QED) is 0.0547. The van der Waals surface area contributed by atoms with Gasteiger partial charge in [-0.25, -0.2) is 0 Å². The molecule has 8 nitrogen and oxygen atoms in total. The van der Waals surface area contributed by atoms with Gasteiger partial charge in [0.2, 0.25) is 0 Å². The highest BCUT2D eigenvalue weighted by atomic mass is 32.2. The van der Waals surface area contributed by atoms with Crippen LogP contribution in [0.5, 0.6) is 11.5 Å². The molecule has 0 radical (unpaired) electrons. The molecule has 4 rings (SSSR count). The van der Waals surface area contributed by atoms with E-state index in [1.807, 2.05) is 24.3 Å². The molecular formula is C30H35NO7S. The summed E-state index contributed by atoms with van der Waals surface area (Å²) in [5.41, 5.74) is -0.0313. The molecule has 0 aliphatic rings. The van der Waals surface area contributed by atoms with E-state index in [2.05, 4.69) is 13.8 Å². The highest BCUT2D eigenvalue weighted by Gasteiger charge is 2.23. The molecule has 39 heavy (non-hydrogen) atoms. The first-order chi connectivity index (χ1) is 18.4. The second-order valence-electron chi connectivity index (χ2n) is 8.92. The summed E-state index contributed by atoms with van der Waals surface area (Å²) < 4.78 is 44.1. The normalized spacial score (nSPS) is 11.3. The molecule has 0 spiro atoms. The Balaban J connectivity index is 0.00000420. The Morgan fingerprint density at radius 3 is 1.90 bits per heavy atom. The van der Waals surface area contributed by atoms with Crippen molar-refractivity contribution >= 4 is 37.4 Å². The number of nitro benzene ring substituents is 1. The fourth-order valence-corrected chi connectivity index (χ4v) is 5.12. The Morgan fingerprint density at radius 1 is 0.769 bits per heavy atom. The average molecular weight is 554 g/mol. The van der Waals surface area contributed by atoms with E-state index in [0.29, 0.717) is 30.1 Å². The molecule has 0 saturated heterocycles. The molecule has 4 aromatic carbocycles. The largest absolute Gasteiger partial charge is 0.492 e. The van der Waals surface area contributed by atoms with Crippen LogP contribution in [0.4, 0.5) is 5.69 Å². The molecule has 0 unspecified atom stereocenters. The number of unbranched alkanes of at least 4 members (excludes halogenated alkanes) is 2. The van der Waals surface area contributed by atoms with E-state index in [0.717, 1.165) is 41.8 Å². The summed E-state index contributed by atoms with van der Waals surface area (Å²) in [5, 5.41) is 14.4. The van der Waals surface area contributed by atoms with Crippen molar-refractivity contribution in [3.63, 3.8) is 0 Å². The predicted octanol–water partition coefficient (Wildman–Crippen LogP) is 7.80. The summed E-state index contributed by atoms with van der Waals surface area (Å²) in [6.07, 6.45) is 3.67. The van der Waals surface area contributed by atoms with Crippen molar-refractivity contribution in [2.24, 2.45) is 0 Å². The SMILES string of the molecule is C.CCCCOc1c2ccccc2c(OCCCC)c2cc(S(=O)(=O)OCc3ccccc3[N+](=O)[O-])ccc12. The van der Waals surface area contributed by atoms with Crippen LogP contribution in [0.25, 0.3) is 21.5 Å². The number of rotatable bonds is 13. The number of nitro groups is 1. The van der Waals surface area contributed by atoms with Crippen LogP contribution >= 0.6 is 0 Å². The van der Waals surface area contributed by atoms with Crippen molar-refractivity contribution < 1.29 is 27.0 Å². The van der Waals surface area contributed by atoms with Gasteiger partial charge in [-0.3, -0.25) is 14.3 Å². The van der Waals surface area contributed by atoms with Gasteiger partial charge in [-0.2, -0.15) is 8.42 Å². The molecule has 0 aliphatic carbocycles. The highest BCUT2D eigenvalue weighted by Crippen LogP contribution is 2.44. The van der Waals surface area contributed by atoms with Gasteiger partial charge in [0, 0.05) is 27.6 Å². The first kappa shape index (κ1) is 29.9. The predicted molar refractivity (Wildman–Crippen MR) is 154 cm³/mol. The van der Waals surface area contributed by atoms with Gasteiger partial charge < -0.3 is 9.47 Å². The molecule has 9 heteroatoms. The van der Waals surface area contributed by atoms with Crippen molar-refractivity contribution in [3.05, 3.63) is 82.4 Å². The van der Waals surface area contributed by atoms with Crippen molar-refractivity contribution in [2.75, 3.05) is 13.2 Å². The zero-order valence-corrected chi connectivity index (χ0v) is 22.3. The number of para-hydroxylation sites is 1. The Bertz CT molecular complexity index is 1550. The third-order valence-electron chi connectivity index (χ3n) is 6.23. The third kappa shape index (κ3) is 6.66. The van der Waals surface area contributed by atoms with Gasteiger partial charge in [0.15, 0.2) is 0 Å². The Morgan fingerprint density at radius 2 is 1.31 bits per heavy atom. The molecule has 0 saturated carbocycles. The van der Waals surface area contributed by atoms with Crippen LogP contribution in [-0.2, 0) is 20.9 Å². The van der Waals surface area contributed by atoms with Gasteiger partial charge in [0.25, 0.3) is 15.8 Å². The number of hydrogen-bond acceptors (Lipinski definition) is 7. The molecule has 0 aromatic heterocycles. The molecule has 0 atom stereocenters. The first-order valence-corrected chi connectivity index (χ1v) is 14.1. The Hall–Kier alpha value is -3.69. The van der Waals surface area contributed by atoms with E-state index in [1.165, 1.54) is 30.3 Å². The lowest BCUT2D eigenvalue weighted by Crippen LogP contribution is -2.08. The lowest BCUT2D eigenvalue weighted by molar-refractivity contribution is -0.385. The number of ether oxygens (including phenoxy) is 2. The fraction of sp³-hybridized carbons (Fsp3) is 0.333. The zero-order chi connectivity index (χ0) is 27.1. The van der Waals surface area contributed by atoms with E-state index in [9.17, 15) is 18.5 Å². The van der Waals surface area contributed by atoms with E-state index in [1.54, 1.807) is 12.1 Å². The molecule has 0 amide bonds. The van der Waals surface area contributed by atoms with E-state index >= 15 is 0 Å². The van der Waals surface area contributed by atoms with Gasteiger partial charge >= 0.3 is 0 Å². The van der Waals surface area contributed by atoms with Crippen LogP contribution in [0.2, 0.25) is 0 Å². The zero-order valence-electron chi connectivity index (χ0n) is 21.5. The van der Waals surface area contributed by atoms with Crippen LogP contribution in [0.1, 0.15) is 52.5 Å². The lowest BCUT2D eigenvalue weighted by atomic mass is 10.0. The molecule has 0 fully saturated rings. The number of benzene rings is 4. The van der Waals surface area contributed by atoms with E-state index in [-0.39, 0.29) is 23.6 Å². The van der Waals surface area contributed by atoms with Gasteiger partial charge in [0.05, 0.1) is 35.2 Å². The van der Waals surface area contributed by atoms with Crippen molar-refractivity contribution in [1.82, 2.24) is 0 Å². The molecule has 0 bridgehead atoms. The van der Waals surface area contributed by atoms with Gasteiger partial charge in [-0.1, -0.05) is 70.5 Å². The molecule has 4 aromatic rings. The summed E-state index contributed by atoms with van der Waals surface area (Å²) >= 11 is 0. The number of hydrogen-bond donors (Lipinski definition) is 0. The second-order valence-corrected chi connectivity index (χ2v) is 10.5. The summed E-state index contributed by atoms with van der Waals surface area (Å²) in [6, 6.07) is 18.4. The Kier molecular flexibility index (Phi) is 10.3. The fourth-order valence-electron chi connectivity index (χ4n) is 4.20. The van der Waals surface area contributed by atoms with Gasteiger partial charge in [0.1, 0.15) is 11.5 Å². The van der Waals surface area contributed by atoms with Crippen molar-refractivity contribution in [2.45, 2.75) is 58.5 Å². The van der Waals surface area contributed by atoms with Gasteiger partial charge in [-0.15, -0.1) is 0 Å². The Labute approximate surface area is 229 Å². The molecule has 208 valence electrons. The maximum absolute atomic E-state index is 13.2. The summed E-state index contributed by atoms with van der Waals surface area (Å²) in [6.45, 7) is 4.72. The highest BCUT2D eigenvalue weighted by molar-refractivity contribution is 7.86. The van der Waals surface area contributed by atoms with Crippen LogP contribution in [-0.4, -0.2) is 26.6 Å². The first-order valence-electron chi connectivity index (χ1n) is 12.7. The maximum Gasteiger partial charge on any atom is 0.297 e. The minimum Gasteiger partial charge on any atom is -0.492 e. The van der Waals surface area contributed by atoms with Crippen molar-refractivity contribution in [3.8, 4) is 11.5 Å². The minimum absolute atomic E-state index is 0. The van der Waals surface area contributed by atoms with Crippen LogP contribution in [0, 0.1) is 10.1 Å².